The van der Waals surface area contributed by atoms with Gasteiger partial charge in [0.25, 0.3) is 0 Å². The molecule has 1 heterocycles. The Balaban J connectivity index is 1.53. The van der Waals surface area contributed by atoms with Crippen LogP contribution in [0.5, 0.6) is 5.75 Å². The Morgan fingerprint density at radius 3 is 1.60 bits per heavy atom. The number of carboxylic acid groups (broad SMARTS) is 2. The minimum absolute atomic E-state index is 0.0281. The molecule has 1 fully saturated rings. The van der Waals surface area contributed by atoms with Crippen LogP contribution in [0.1, 0.15) is 129 Å². The zero-order valence-electron chi connectivity index (χ0n) is 60.1. The number of phenols is 1. The highest BCUT2D eigenvalue weighted by Gasteiger charge is 2.40. The predicted octanol–water partition coefficient (Wildman–Crippen LogP) is -1.91. The minimum atomic E-state index is -1.80. The molecule has 11 amide bonds. The summed E-state index contributed by atoms with van der Waals surface area (Å²) >= 11 is 0. The summed E-state index contributed by atoms with van der Waals surface area (Å²) in [5.74, 6) is -13.6. The summed E-state index contributed by atoms with van der Waals surface area (Å²) in [5, 5.41) is 66.9. The van der Waals surface area contributed by atoms with Gasteiger partial charge >= 0.3 is 11.9 Å². The molecule has 0 aliphatic carbocycles. The first-order chi connectivity index (χ1) is 49.2. The van der Waals surface area contributed by atoms with Crippen LogP contribution in [0, 0.1) is 17.8 Å². The van der Waals surface area contributed by atoms with E-state index in [1.807, 2.05) is 58.0 Å². The number of aliphatic imine (C=N–C) groups is 1. The quantitative estimate of drug-likeness (QED) is 0.0167. The molecule has 3 aromatic carbocycles. The Hall–Kier alpha value is -10.3. The molecule has 0 bridgehead atoms. The van der Waals surface area contributed by atoms with Gasteiger partial charge in [0.2, 0.25) is 65.0 Å². The lowest BCUT2D eigenvalue weighted by Crippen LogP contribution is -2.62. The number of nitrogens with zero attached hydrogens (tertiary/aromatic N) is 2. The summed E-state index contributed by atoms with van der Waals surface area (Å²) in [6, 6.07) is 9.22. The molecule has 0 aromatic heterocycles. The smallest absolute Gasteiger partial charge is 0.326 e. The van der Waals surface area contributed by atoms with Crippen LogP contribution < -0.4 is 76.1 Å². The van der Waals surface area contributed by atoms with E-state index in [0.29, 0.717) is 36.9 Å². The van der Waals surface area contributed by atoms with Gasteiger partial charge in [-0.2, -0.15) is 0 Å². The molecule has 1 aliphatic rings. The maximum Gasteiger partial charge on any atom is 0.326 e. The van der Waals surface area contributed by atoms with Crippen molar-refractivity contribution in [2.75, 3.05) is 26.2 Å². The number of hydrogen-bond acceptors (Lipinski definition) is 18. The number of carbonyl (C=O) groups excluding carboxylic acids is 11. The number of rotatable bonds is 45. The second-order valence-corrected chi connectivity index (χ2v) is 26.9. The van der Waals surface area contributed by atoms with E-state index in [-0.39, 0.29) is 93.0 Å². The number of aliphatic hydroxyl groups excluding tert-OH is 1. The van der Waals surface area contributed by atoms with Crippen molar-refractivity contribution in [2.45, 2.75) is 205 Å². The molecular weight excluding hydrogens is 1350 g/mol. The van der Waals surface area contributed by atoms with E-state index < -0.39 is 170 Å². The van der Waals surface area contributed by atoms with Crippen molar-refractivity contribution in [3.8, 4) is 5.75 Å². The van der Waals surface area contributed by atoms with E-state index in [1.54, 1.807) is 49.1 Å². The molecule has 1 aliphatic heterocycles. The largest absolute Gasteiger partial charge is 0.508 e. The summed E-state index contributed by atoms with van der Waals surface area (Å²) in [5.41, 5.74) is 24.2. The minimum Gasteiger partial charge on any atom is -0.508 e. The van der Waals surface area contributed by atoms with Crippen LogP contribution in [0.4, 0.5) is 0 Å². The molecule has 3 aromatic rings. The van der Waals surface area contributed by atoms with Crippen LogP contribution in [-0.4, -0.2) is 207 Å². The number of guanidine groups is 1. The Morgan fingerprint density at radius 2 is 1.06 bits per heavy atom. The Kier molecular flexibility index (Phi) is 36.1. The summed E-state index contributed by atoms with van der Waals surface area (Å²) in [6.07, 6.45) is -2.33. The fourth-order valence-corrected chi connectivity index (χ4v) is 11.5. The number of nitrogens with two attached hydrogens (primary N) is 4. The second-order valence-electron chi connectivity index (χ2n) is 26.9. The van der Waals surface area contributed by atoms with Crippen LogP contribution >= 0.6 is 0 Å². The highest BCUT2D eigenvalue weighted by atomic mass is 16.4. The number of aromatic hydroxyl groups is 1. The van der Waals surface area contributed by atoms with E-state index in [2.05, 4.69) is 58.2 Å². The maximum absolute atomic E-state index is 14.7. The molecule has 33 heteroatoms. The molecule has 4 rings (SSSR count). The number of carbonyl (C=O) groups is 13. The van der Waals surface area contributed by atoms with Crippen molar-refractivity contribution < 1.29 is 82.8 Å². The number of aliphatic carboxylic acids is 2. The van der Waals surface area contributed by atoms with Crippen molar-refractivity contribution >= 4 is 82.9 Å². The first-order valence-corrected chi connectivity index (χ1v) is 35.0. The topological polar surface area (TPSA) is 543 Å². The highest BCUT2D eigenvalue weighted by Crippen LogP contribution is 2.22. The monoisotopic (exact) mass is 1450 g/mol. The number of primary amides is 1. The Labute approximate surface area is 605 Å². The highest BCUT2D eigenvalue weighted by molar-refractivity contribution is 5.98. The number of hydrogen-bond donors (Lipinski definition) is 18. The van der Waals surface area contributed by atoms with Crippen molar-refractivity contribution in [3.05, 3.63) is 102 Å². The number of amides is 11. The third kappa shape index (κ3) is 30.0. The molecule has 1 saturated heterocycles. The molecule has 22 N–H and O–H groups in total. The molecule has 104 heavy (non-hydrogen) atoms. The molecule has 0 saturated carbocycles. The van der Waals surface area contributed by atoms with Gasteiger partial charge in [-0.05, 0) is 105 Å². The fraction of sp³-hybridized carbons (Fsp3) is 0.549. The van der Waals surface area contributed by atoms with E-state index in [1.165, 1.54) is 31.2 Å². The lowest BCUT2D eigenvalue weighted by Gasteiger charge is -2.33. The molecule has 572 valence electrons. The standard InChI is InChI=1S/C71H106N16O17/c1-8-41(6)59(77-37-46-21-16-32-87(46)69(102)58(40(4)5)85-61(94)48(72)34-43-17-11-9-12-18-43)67(100)84-54(35-44-19-13-10-14-20-44)66(99)86-60(42(7)88)68(101)83-53(36-45-23-25-47(89)26-24-45)62(95)78-38-56(91)79-49(28-30-57(92)93)63(96)82-52(33-39(2)3)65(98)80-50(27-29-55(73)90)64(97)81-51(70(103)104)22-15-31-76-71(74)75/h9-14,17-20,23-26,39-42,46,48-54,58-60,77,88-89H,8,15-16,21-22,27-38,72H2,1-7H3,(H2,73,90)(H,78,95)(H,79,91)(H,80,98)(H,81,97)(H,82,96)(H,83,101)(H,84,100)(H,85,94)(H,86,99)(H,92,93)(H,103,104)(H4,74,75,76)/t41-,42+,46-,48-,49-,50-,51-,52-,53-,54-,58-,59-,60-/m0/s1. The molecule has 33 nitrogen and oxygen atoms in total. The van der Waals surface area contributed by atoms with Crippen LogP contribution in [-0.2, 0) is 81.6 Å². The first kappa shape index (κ1) is 86.1. The number of benzene rings is 3. The fourth-order valence-electron chi connectivity index (χ4n) is 11.5. The molecular formula is C71H106N16O17. The van der Waals surface area contributed by atoms with Crippen LogP contribution in [0.15, 0.2) is 89.9 Å². The van der Waals surface area contributed by atoms with E-state index in [0.717, 1.165) is 5.56 Å². The maximum atomic E-state index is 14.7. The third-order valence-electron chi connectivity index (χ3n) is 17.5. The Morgan fingerprint density at radius 1 is 0.558 bits per heavy atom. The normalized spacial score (nSPS) is 16.1. The van der Waals surface area contributed by atoms with Crippen LogP contribution in [0.3, 0.4) is 0 Å². The van der Waals surface area contributed by atoms with Gasteiger partial charge in [0.15, 0.2) is 5.96 Å². The van der Waals surface area contributed by atoms with Gasteiger partial charge in [-0.15, -0.1) is 0 Å². The van der Waals surface area contributed by atoms with E-state index in [4.69, 9.17) is 22.9 Å². The second kappa shape index (κ2) is 43.6. The molecule has 0 spiro atoms. The lowest BCUT2D eigenvalue weighted by molar-refractivity contribution is -0.143. The average Bonchev–Trinajstić information content (AvgIpc) is 1.63. The number of carboxylic acids is 2. The summed E-state index contributed by atoms with van der Waals surface area (Å²) < 4.78 is 0. The Bertz CT molecular complexity index is 3400. The summed E-state index contributed by atoms with van der Waals surface area (Å²) in [4.78, 5) is 183. The van der Waals surface area contributed by atoms with Crippen LogP contribution in [0.25, 0.3) is 0 Å². The van der Waals surface area contributed by atoms with Crippen LogP contribution in [0.2, 0.25) is 0 Å². The third-order valence-corrected chi connectivity index (χ3v) is 17.5. The first-order valence-electron chi connectivity index (χ1n) is 35.0. The molecule has 13 atom stereocenters. The van der Waals surface area contributed by atoms with Crippen molar-refractivity contribution in [3.63, 3.8) is 0 Å². The van der Waals surface area contributed by atoms with Crippen molar-refractivity contribution in [1.82, 2.24) is 58.1 Å². The van der Waals surface area contributed by atoms with E-state index in [9.17, 15) is 82.8 Å². The van der Waals surface area contributed by atoms with Crippen molar-refractivity contribution in [1.29, 1.82) is 0 Å². The molecule has 0 unspecified atom stereocenters. The van der Waals surface area contributed by atoms with Gasteiger partial charge in [0, 0.05) is 51.4 Å². The number of aliphatic hydroxyl groups is 1. The average molecular weight is 1460 g/mol. The number of phenolic OH excluding ortho intramolecular Hbond substituents is 1. The zero-order chi connectivity index (χ0) is 77.3. The summed E-state index contributed by atoms with van der Waals surface area (Å²) in [7, 11) is 0. The SMILES string of the molecule is CC[C@H](C)[C@H](NC[C@@H]1CCCN1C(=O)[C@@H](NC(=O)[C@@H](N)Cc1ccccc1)C(C)C)C(=O)N[C@@H](Cc1ccccc1)C(=O)N[C@H](C(=O)N[C@@H](Cc1ccc(O)cc1)C(=O)NCC(=O)N[C@@H](CCC(=O)O)C(=O)N[C@@H](CC(C)C)C(=O)N[C@@H](CCC(N)=O)C(=O)N[C@@H](CCCN=C(N)N)C(=O)O)[C@@H](C)O. The van der Waals surface area contributed by atoms with E-state index >= 15 is 0 Å². The number of likely N-dealkylation sites (tertiary alicyclic amines) is 1. The van der Waals surface area contributed by atoms with Gasteiger partial charge < -0.3 is 101 Å². The van der Waals surface area contributed by atoms with Gasteiger partial charge in [-0.1, -0.05) is 121 Å². The van der Waals surface area contributed by atoms with Crippen molar-refractivity contribution in [2.24, 2.45) is 45.7 Å². The molecule has 0 radical (unpaired) electrons. The lowest BCUT2D eigenvalue weighted by atomic mass is 9.96. The van der Waals surface area contributed by atoms with Gasteiger partial charge in [0.1, 0.15) is 54.1 Å². The number of nitrogens with one attached hydrogen (secondary N) is 10. The summed E-state index contributed by atoms with van der Waals surface area (Å²) in [6.45, 7) is 11.6. The van der Waals surface area contributed by atoms with Gasteiger partial charge in [0.05, 0.1) is 24.7 Å². The zero-order valence-corrected chi connectivity index (χ0v) is 60.1. The predicted molar refractivity (Wildman–Crippen MR) is 383 cm³/mol. The van der Waals surface area contributed by atoms with Gasteiger partial charge in [-0.25, -0.2) is 4.79 Å². The van der Waals surface area contributed by atoms with Gasteiger partial charge in [-0.3, -0.25) is 62.5 Å².